The Morgan fingerprint density at radius 3 is 2.79 bits per heavy atom. The molecule has 1 N–H and O–H groups in total. The van der Waals surface area contributed by atoms with Crippen molar-refractivity contribution in [2.24, 2.45) is 7.05 Å². The molecule has 6 nitrogen and oxygen atoms in total. The lowest BCUT2D eigenvalue weighted by atomic mass is 10.0. The summed E-state index contributed by atoms with van der Waals surface area (Å²) in [4.78, 5) is 22.3. The monoisotopic (exact) mass is 387 g/mol. The Kier molecular flexibility index (Phi) is 5.01. The van der Waals surface area contributed by atoms with Crippen molar-refractivity contribution in [3.63, 3.8) is 0 Å². The SMILES string of the molecule is Cc1nn(C)c2nc(C(C)C)cc(C(=O)NCCc3cccc4cccnc34)c12. The van der Waals surface area contributed by atoms with E-state index in [1.165, 1.54) is 0 Å². The van der Waals surface area contributed by atoms with Gasteiger partial charge in [-0.05, 0) is 37.0 Å². The van der Waals surface area contributed by atoms with Crippen LogP contribution in [0.15, 0.2) is 42.6 Å². The number of hydrogen-bond donors (Lipinski definition) is 1. The number of carbonyl (C=O) groups excluding carboxylic acids is 1. The fraction of sp³-hybridized carbons (Fsp3) is 0.304. The minimum Gasteiger partial charge on any atom is -0.352 e. The van der Waals surface area contributed by atoms with E-state index in [2.05, 4.69) is 47.4 Å². The van der Waals surface area contributed by atoms with Gasteiger partial charge in [-0.2, -0.15) is 5.10 Å². The number of para-hydroxylation sites is 1. The second kappa shape index (κ2) is 7.62. The Labute approximate surface area is 170 Å². The Bertz CT molecular complexity index is 1200. The summed E-state index contributed by atoms with van der Waals surface area (Å²) in [7, 11) is 1.86. The highest BCUT2D eigenvalue weighted by molar-refractivity contribution is 6.06. The molecule has 0 saturated heterocycles. The molecule has 0 fully saturated rings. The Balaban J connectivity index is 1.59. The predicted octanol–water partition coefficient (Wildman–Crippen LogP) is 3.92. The molecule has 3 heterocycles. The van der Waals surface area contributed by atoms with E-state index in [-0.39, 0.29) is 11.8 Å². The lowest BCUT2D eigenvalue weighted by Gasteiger charge is -2.11. The van der Waals surface area contributed by atoms with Crippen molar-refractivity contribution in [3.8, 4) is 0 Å². The topological polar surface area (TPSA) is 72.7 Å². The van der Waals surface area contributed by atoms with Gasteiger partial charge in [0, 0.05) is 30.9 Å². The van der Waals surface area contributed by atoms with Crippen molar-refractivity contribution in [2.75, 3.05) is 6.54 Å². The quantitative estimate of drug-likeness (QED) is 0.563. The summed E-state index contributed by atoms with van der Waals surface area (Å²) in [5, 5.41) is 9.47. The third-order valence-corrected chi connectivity index (χ3v) is 5.22. The van der Waals surface area contributed by atoms with E-state index in [1.807, 2.05) is 32.2 Å². The number of amides is 1. The van der Waals surface area contributed by atoms with Gasteiger partial charge in [0.15, 0.2) is 5.65 Å². The smallest absolute Gasteiger partial charge is 0.252 e. The average molecular weight is 387 g/mol. The van der Waals surface area contributed by atoms with Gasteiger partial charge in [0.1, 0.15) is 0 Å². The second-order valence-electron chi connectivity index (χ2n) is 7.66. The van der Waals surface area contributed by atoms with Crippen molar-refractivity contribution in [1.82, 2.24) is 25.1 Å². The van der Waals surface area contributed by atoms with E-state index in [0.717, 1.165) is 45.3 Å². The number of nitrogens with one attached hydrogen (secondary N) is 1. The van der Waals surface area contributed by atoms with Crippen molar-refractivity contribution in [2.45, 2.75) is 33.1 Å². The van der Waals surface area contributed by atoms with Gasteiger partial charge in [-0.25, -0.2) is 4.98 Å². The average Bonchev–Trinajstić information content (AvgIpc) is 3.01. The van der Waals surface area contributed by atoms with E-state index in [0.29, 0.717) is 12.1 Å². The number of carbonyl (C=O) groups is 1. The van der Waals surface area contributed by atoms with Gasteiger partial charge in [-0.1, -0.05) is 38.1 Å². The molecule has 3 aromatic heterocycles. The zero-order valence-corrected chi connectivity index (χ0v) is 17.2. The maximum absolute atomic E-state index is 13.1. The van der Waals surface area contributed by atoms with Gasteiger partial charge in [-0.3, -0.25) is 14.5 Å². The van der Waals surface area contributed by atoms with Gasteiger partial charge in [-0.15, -0.1) is 0 Å². The molecule has 1 aromatic carbocycles. The summed E-state index contributed by atoms with van der Waals surface area (Å²) >= 11 is 0. The molecule has 29 heavy (non-hydrogen) atoms. The van der Waals surface area contributed by atoms with Crippen LogP contribution in [0, 0.1) is 6.92 Å². The first-order chi connectivity index (χ1) is 14.0. The lowest BCUT2D eigenvalue weighted by Crippen LogP contribution is -2.26. The van der Waals surface area contributed by atoms with Gasteiger partial charge < -0.3 is 5.32 Å². The summed E-state index contributed by atoms with van der Waals surface area (Å²) in [6.45, 7) is 6.60. The maximum Gasteiger partial charge on any atom is 0.252 e. The molecular weight excluding hydrogens is 362 g/mol. The Hall–Kier alpha value is -3.28. The van der Waals surface area contributed by atoms with Crippen LogP contribution < -0.4 is 5.32 Å². The Morgan fingerprint density at radius 1 is 1.21 bits per heavy atom. The summed E-state index contributed by atoms with van der Waals surface area (Å²) in [6.07, 6.45) is 2.52. The van der Waals surface area contributed by atoms with Crippen molar-refractivity contribution >= 4 is 27.8 Å². The van der Waals surface area contributed by atoms with Gasteiger partial charge in [0.05, 0.1) is 22.2 Å². The van der Waals surface area contributed by atoms with Gasteiger partial charge in [0.2, 0.25) is 0 Å². The minimum atomic E-state index is -0.0939. The van der Waals surface area contributed by atoms with Crippen LogP contribution in [0.1, 0.15) is 47.1 Å². The summed E-state index contributed by atoms with van der Waals surface area (Å²) in [5.74, 6) is 0.131. The van der Waals surface area contributed by atoms with Crippen molar-refractivity contribution in [1.29, 1.82) is 0 Å². The van der Waals surface area contributed by atoms with Gasteiger partial charge in [0.25, 0.3) is 5.91 Å². The molecule has 1 amide bonds. The standard InChI is InChI=1S/C23H25N5O/c1-14(2)19-13-18(20-15(3)27-28(4)22(20)26-19)23(29)25-12-10-17-8-5-7-16-9-6-11-24-21(16)17/h5-9,11,13-14H,10,12H2,1-4H3,(H,25,29). The number of benzene rings is 1. The number of fused-ring (bicyclic) bond motifs is 2. The van der Waals surface area contributed by atoms with Crippen LogP contribution >= 0.6 is 0 Å². The van der Waals surface area contributed by atoms with E-state index < -0.39 is 0 Å². The first kappa shape index (κ1) is 19.1. The first-order valence-electron chi connectivity index (χ1n) is 9.90. The van der Waals surface area contributed by atoms with Crippen LogP contribution in [0.25, 0.3) is 21.9 Å². The van der Waals surface area contributed by atoms with Crippen LogP contribution in [0.5, 0.6) is 0 Å². The zero-order chi connectivity index (χ0) is 20.5. The summed E-state index contributed by atoms with van der Waals surface area (Å²) in [5.41, 5.74) is 5.21. The number of aryl methyl sites for hydroxylation is 2. The molecule has 0 bridgehead atoms. The van der Waals surface area contributed by atoms with E-state index >= 15 is 0 Å². The fourth-order valence-corrected chi connectivity index (χ4v) is 3.71. The largest absolute Gasteiger partial charge is 0.352 e. The minimum absolute atomic E-state index is 0.0939. The van der Waals surface area contributed by atoms with Crippen LogP contribution in [0.3, 0.4) is 0 Å². The number of aromatic nitrogens is 4. The van der Waals surface area contributed by atoms with E-state index in [1.54, 1.807) is 10.9 Å². The molecule has 6 heteroatoms. The molecule has 0 aliphatic carbocycles. The molecule has 0 spiro atoms. The van der Waals surface area contributed by atoms with Crippen LogP contribution in [0.4, 0.5) is 0 Å². The van der Waals surface area contributed by atoms with Crippen molar-refractivity contribution < 1.29 is 4.79 Å². The molecule has 0 radical (unpaired) electrons. The zero-order valence-electron chi connectivity index (χ0n) is 17.2. The van der Waals surface area contributed by atoms with Crippen molar-refractivity contribution in [3.05, 3.63) is 65.1 Å². The predicted molar refractivity (Wildman–Crippen MR) is 115 cm³/mol. The highest BCUT2D eigenvalue weighted by Gasteiger charge is 2.19. The van der Waals surface area contributed by atoms with Crippen LogP contribution in [-0.2, 0) is 13.5 Å². The molecule has 148 valence electrons. The highest BCUT2D eigenvalue weighted by Crippen LogP contribution is 2.25. The molecule has 0 aliphatic heterocycles. The third-order valence-electron chi connectivity index (χ3n) is 5.22. The Morgan fingerprint density at radius 2 is 2.00 bits per heavy atom. The van der Waals surface area contributed by atoms with Crippen LogP contribution in [-0.4, -0.2) is 32.2 Å². The molecule has 0 atom stereocenters. The number of rotatable bonds is 5. The maximum atomic E-state index is 13.1. The fourth-order valence-electron chi connectivity index (χ4n) is 3.71. The normalized spacial score (nSPS) is 11.5. The summed E-state index contributed by atoms with van der Waals surface area (Å²) < 4.78 is 1.75. The third kappa shape index (κ3) is 3.58. The molecular formula is C23H25N5O. The molecule has 0 saturated carbocycles. The number of nitrogens with zero attached hydrogens (tertiary/aromatic N) is 4. The molecule has 4 aromatic rings. The molecule has 0 aliphatic rings. The van der Waals surface area contributed by atoms with Gasteiger partial charge >= 0.3 is 0 Å². The highest BCUT2D eigenvalue weighted by atomic mass is 16.1. The van der Waals surface area contributed by atoms with E-state index in [4.69, 9.17) is 4.98 Å². The lowest BCUT2D eigenvalue weighted by molar-refractivity contribution is 0.0955. The number of hydrogen-bond acceptors (Lipinski definition) is 4. The first-order valence-corrected chi connectivity index (χ1v) is 9.90. The molecule has 4 rings (SSSR count). The molecule has 0 unspecified atom stereocenters. The second-order valence-corrected chi connectivity index (χ2v) is 7.66. The number of pyridine rings is 2. The van der Waals surface area contributed by atoms with E-state index in [9.17, 15) is 4.79 Å². The van der Waals surface area contributed by atoms with Crippen LogP contribution in [0.2, 0.25) is 0 Å². The summed E-state index contributed by atoms with van der Waals surface area (Å²) in [6, 6.07) is 12.0.